The zero-order valence-corrected chi connectivity index (χ0v) is 11.4. The SMILES string of the molecule is CCC(O)(CC)CNCC(=O)Nc1cccc(F)c1. The van der Waals surface area contributed by atoms with Crippen LogP contribution in [0, 0.1) is 5.82 Å². The van der Waals surface area contributed by atoms with Crippen molar-refractivity contribution in [2.75, 3.05) is 18.4 Å². The Hall–Kier alpha value is -1.46. The van der Waals surface area contributed by atoms with Crippen molar-refractivity contribution in [1.82, 2.24) is 5.32 Å². The van der Waals surface area contributed by atoms with Crippen molar-refractivity contribution in [1.29, 1.82) is 0 Å². The first kappa shape index (κ1) is 15.6. The van der Waals surface area contributed by atoms with Gasteiger partial charge in [0.05, 0.1) is 12.1 Å². The molecule has 19 heavy (non-hydrogen) atoms. The Morgan fingerprint density at radius 1 is 1.37 bits per heavy atom. The smallest absolute Gasteiger partial charge is 0.238 e. The number of carbonyl (C=O) groups excluding carboxylic acids is 1. The summed E-state index contributed by atoms with van der Waals surface area (Å²) in [7, 11) is 0. The average molecular weight is 268 g/mol. The third kappa shape index (κ3) is 5.36. The number of aliphatic hydroxyl groups is 1. The lowest BCUT2D eigenvalue weighted by molar-refractivity contribution is -0.115. The molecule has 0 atom stereocenters. The number of halogens is 1. The van der Waals surface area contributed by atoms with Crippen molar-refractivity contribution >= 4 is 11.6 Å². The van der Waals surface area contributed by atoms with Crippen LogP contribution in [0.5, 0.6) is 0 Å². The molecular weight excluding hydrogens is 247 g/mol. The Labute approximate surface area is 113 Å². The number of amides is 1. The molecule has 0 spiro atoms. The number of benzene rings is 1. The zero-order chi connectivity index (χ0) is 14.3. The molecule has 0 aliphatic rings. The van der Waals surface area contributed by atoms with Crippen LogP contribution in [0.25, 0.3) is 0 Å². The van der Waals surface area contributed by atoms with Crippen molar-refractivity contribution in [3.8, 4) is 0 Å². The molecule has 3 N–H and O–H groups in total. The third-order valence-electron chi connectivity index (χ3n) is 3.16. The van der Waals surface area contributed by atoms with Crippen LogP contribution < -0.4 is 10.6 Å². The van der Waals surface area contributed by atoms with E-state index in [2.05, 4.69) is 10.6 Å². The number of anilines is 1. The van der Waals surface area contributed by atoms with Crippen LogP contribution >= 0.6 is 0 Å². The van der Waals surface area contributed by atoms with E-state index in [-0.39, 0.29) is 12.5 Å². The van der Waals surface area contributed by atoms with Crippen LogP contribution in [0.15, 0.2) is 24.3 Å². The summed E-state index contributed by atoms with van der Waals surface area (Å²) in [6.07, 6.45) is 1.25. The minimum absolute atomic E-state index is 0.0822. The van der Waals surface area contributed by atoms with Gasteiger partial charge in [-0.25, -0.2) is 4.39 Å². The van der Waals surface area contributed by atoms with Gasteiger partial charge >= 0.3 is 0 Å². The van der Waals surface area contributed by atoms with Crippen LogP contribution in [0.4, 0.5) is 10.1 Å². The largest absolute Gasteiger partial charge is 0.389 e. The van der Waals surface area contributed by atoms with E-state index in [0.29, 0.717) is 25.1 Å². The number of nitrogens with one attached hydrogen (secondary N) is 2. The lowest BCUT2D eigenvalue weighted by Crippen LogP contribution is -2.42. The summed E-state index contributed by atoms with van der Waals surface area (Å²) in [6.45, 7) is 4.24. The van der Waals surface area contributed by atoms with Crippen LogP contribution in [0.3, 0.4) is 0 Å². The number of carbonyl (C=O) groups is 1. The predicted molar refractivity (Wildman–Crippen MR) is 73.4 cm³/mol. The number of rotatable bonds is 7. The highest BCUT2D eigenvalue weighted by atomic mass is 19.1. The Morgan fingerprint density at radius 3 is 2.63 bits per heavy atom. The molecule has 0 heterocycles. The maximum Gasteiger partial charge on any atom is 0.238 e. The number of hydrogen-bond acceptors (Lipinski definition) is 3. The first-order valence-electron chi connectivity index (χ1n) is 6.47. The van der Waals surface area contributed by atoms with Crippen molar-refractivity contribution in [3.63, 3.8) is 0 Å². The van der Waals surface area contributed by atoms with E-state index in [9.17, 15) is 14.3 Å². The van der Waals surface area contributed by atoms with Gasteiger partial charge in [0.15, 0.2) is 0 Å². The van der Waals surface area contributed by atoms with E-state index in [0.717, 1.165) is 0 Å². The maximum atomic E-state index is 12.9. The fraction of sp³-hybridized carbons (Fsp3) is 0.500. The monoisotopic (exact) mass is 268 g/mol. The Bertz CT molecular complexity index is 420. The van der Waals surface area contributed by atoms with Crippen LogP contribution in [-0.4, -0.2) is 29.7 Å². The molecule has 1 amide bonds. The number of hydrogen-bond donors (Lipinski definition) is 3. The van der Waals surface area contributed by atoms with Gasteiger partial charge in [0.2, 0.25) is 5.91 Å². The topological polar surface area (TPSA) is 61.4 Å². The lowest BCUT2D eigenvalue weighted by atomic mass is 9.98. The van der Waals surface area contributed by atoms with Gasteiger partial charge in [0.1, 0.15) is 5.82 Å². The van der Waals surface area contributed by atoms with Gasteiger partial charge < -0.3 is 15.7 Å². The van der Waals surface area contributed by atoms with Crippen molar-refractivity contribution in [2.45, 2.75) is 32.3 Å². The summed E-state index contributed by atoms with van der Waals surface area (Å²) >= 11 is 0. The van der Waals surface area contributed by atoms with Crippen molar-refractivity contribution in [2.24, 2.45) is 0 Å². The summed E-state index contributed by atoms with van der Waals surface area (Å²) in [5.41, 5.74) is -0.355. The second-order valence-corrected chi connectivity index (χ2v) is 4.59. The van der Waals surface area contributed by atoms with Gasteiger partial charge in [0, 0.05) is 12.2 Å². The standard InChI is InChI=1S/C14H21FN2O2/c1-3-14(19,4-2)10-16-9-13(18)17-12-7-5-6-11(15)8-12/h5-8,16,19H,3-4,9-10H2,1-2H3,(H,17,18). The molecule has 5 heteroatoms. The van der Waals surface area contributed by atoms with E-state index in [1.54, 1.807) is 6.07 Å². The molecule has 1 rings (SSSR count). The van der Waals surface area contributed by atoms with Crippen LogP contribution in [0.1, 0.15) is 26.7 Å². The zero-order valence-electron chi connectivity index (χ0n) is 11.4. The Balaban J connectivity index is 2.36. The maximum absolute atomic E-state index is 12.9. The molecule has 1 aromatic carbocycles. The molecular formula is C14H21FN2O2. The summed E-state index contributed by atoms with van der Waals surface area (Å²) in [4.78, 5) is 11.6. The predicted octanol–water partition coefficient (Wildman–Crippen LogP) is 1.90. The highest BCUT2D eigenvalue weighted by molar-refractivity contribution is 5.92. The van der Waals surface area contributed by atoms with E-state index in [1.807, 2.05) is 13.8 Å². The fourth-order valence-electron chi connectivity index (χ4n) is 1.68. The van der Waals surface area contributed by atoms with Gasteiger partial charge in [-0.15, -0.1) is 0 Å². The molecule has 0 aliphatic heterocycles. The van der Waals surface area contributed by atoms with E-state index in [4.69, 9.17) is 0 Å². The molecule has 106 valence electrons. The molecule has 0 saturated heterocycles. The summed E-state index contributed by atoms with van der Waals surface area (Å²) < 4.78 is 12.9. The van der Waals surface area contributed by atoms with Crippen molar-refractivity contribution in [3.05, 3.63) is 30.1 Å². The molecule has 4 nitrogen and oxygen atoms in total. The molecule has 0 saturated carbocycles. The Kier molecular flexibility index (Phi) is 5.92. The second-order valence-electron chi connectivity index (χ2n) is 4.59. The van der Waals surface area contributed by atoms with Gasteiger partial charge in [-0.05, 0) is 31.0 Å². The van der Waals surface area contributed by atoms with E-state index >= 15 is 0 Å². The molecule has 0 unspecified atom stereocenters. The van der Waals surface area contributed by atoms with Gasteiger partial charge in [0.25, 0.3) is 0 Å². The second kappa shape index (κ2) is 7.21. The Morgan fingerprint density at radius 2 is 2.05 bits per heavy atom. The highest BCUT2D eigenvalue weighted by Crippen LogP contribution is 2.12. The average Bonchev–Trinajstić information content (AvgIpc) is 2.38. The minimum atomic E-state index is -0.779. The van der Waals surface area contributed by atoms with Gasteiger partial charge in [-0.2, -0.15) is 0 Å². The first-order valence-corrected chi connectivity index (χ1v) is 6.47. The van der Waals surface area contributed by atoms with Gasteiger partial charge in [-0.1, -0.05) is 19.9 Å². The molecule has 0 aliphatic carbocycles. The normalized spacial score (nSPS) is 11.4. The van der Waals surface area contributed by atoms with E-state index < -0.39 is 11.4 Å². The third-order valence-corrected chi connectivity index (χ3v) is 3.16. The van der Waals surface area contributed by atoms with Gasteiger partial charge in [-0.3, -0.25) is 4.79 Å². The minimum Gasteiger partial charge on any atom is -0.389 e. The quantitative estimate of drug-likeness (QED) is 0.708. The van der Waals surface area contributed by atoms with E-state index in [1.165, 1.54) is 18.2 Å². The first-order chi connectivity index (χ1) is 8.99. The molecule has 0 radical (unpaired) electrons. The highest BCUT2D eigenvalue weighted by Gasteiger charge is 2.21. The summed E-state index contributed by atoms with van der Waals surface area (Å²) in [5, 5.41) is 15.5. The molecule has 0 fully saturated rings. The lowest BCUT2D eigenvalue weighted by Gasteiger charge is -2.25. The summed E-state index contributed by atoms with van der Waals surface area (Å²) in [5.74, 6) is -0.655. The van der Waals surface area contributed by atoms with Crippen LogP contribution in [-0.2, 0) is 4.79 Å². The molecule has 1 aromatic rings. The molecule has 0 bridgehead atoms. The summed E-state index contributed by atoms with van der Waals surface area (Å²) in [6, 6.07) is 5.73. The molecule has 0 aromatic heterocycles. The van der Waals surface area contributed by atoms with Crippen molar-refractivity contribution < 1.29 is 14.3 Å². The van der Waals surface area contributed by atoms with Crippen LogP contribution in [0.2, 0.25) is 0 Å². The fourth-order valence-corrected chi connectivity index (χ4v) is 1.68.